The van der Waals surface area contributed by atoms with Crippen LogP contribution in [0, 0.1) is 11.8 Å². The second kappa shape index (κ2) is 8.31. The molecule has 0 aromatic heterocycles. The van der Waals surface area contributed by atoms with E-state index in [-0.39, 0.29) is 29.2 Å². The van der Waals surface area contributed by atoms with Crippen LogP contribution in [0.15, 0.2) is 18.2 Å². The molecule has 0 heterocycles. The van der Waals surface area contributed by atoms with Crippen molar-refractivity contribution in [2.75, 3.05) is 10.6 Å². The number of carbonyl (C=O) groups is 3. The van der Waals surface area contributed by atoms with Crippen LogP contribution in [-0.2, 0) is 9.59 Å². The van der Waals surface area contributed by atoms with Gasteiger partial charge in [-0.15, -0.1) is 0 Å². The molecule has 2 atom stereocenters. The van der Waals surface area contributed by atoms with E-state index in [0.717, 1.165) is 0 Å². The number of nitrogens with one attached hydrogen (secondary N) is 2. The molecular weight excluding hydrogens is 296 g/mol. The third kappa shape index (κ3) is 5.39. The summed E-state index contributed by atoms with van der Waals surface area (Å²) in [5, 5.41) is 14.6. The number of carbonyl (C=O) groups excluding carboxylic acids is 2. The highest BCUT2D eigenvalue weighted by molar-refractivity contribution is 5.98. The summed E-state index contributed by atoms with van der Waals surface area (Å²) in [5.74, 6) is -1.85. The molecule has 0 aliphatic heterocycles. The van der Waals surface area contributed by atoms with E-state index >= 15 is 0 Å². The molecule has 0 saturated carbocycles. The van der Waals surface area contributed by atoms with Crippen molar-refractivity contribution < 1.29 is 19.5 Å². The molecule has 1 aromatic carbocycles. The van der Waals surface area contributed by atoms with Crippen molar-refractivity contribution in [2.45, 2.75) is 40.5 Å². The molecule has 0 fully saturated rings. The summed E-state index contributed by atoms with van der Waals surface area (Å²) < 4.78 is 0. The molecule has 0 aliphatic rings. The number of amides is 2. The maximum Gasteiger partial charge on any atom is 0.335 e. The Kier molecular flexibility index (Phi) is 6.75. The standard InChI is InChI=1S/C17H24N2O4/c1-5-10(3)15(20)18-13-7-12(17(22)23)8-14(9-13)19-16(21)11(4)6-2/h7-11H,5-6H2,1-4H3,(H,18,20)(H,19,21)(H,22,23)/t10-,11-/m0/s1. The molecule has 0 radical (unpaired) electrons. The van der Waals surface area contributed by atoms with Crippen molar-refractivity contribution in [1.29, 1.82) is 0 Å². The maximum atomic E-state index is 12.0. The fraction of sp³-hybridized carbons (Fsp3) is 0.471. The fourth-order valence-electron chi connectivity index (χ4n) is 1.80. The molecule has 23 heavy (non-hydrogen) atoms. The van der Waals surface area contributed by atoms with Crippen LogP contribution in [0.3, 0.4) is 0 Å². The summed E-state index contributed by atoms with van der Waals surface area (Å²) in [4.78, 5) is 35.2. The van der Waals surface area contributed by atoms with Gasteiger partial charge < -0.3 is 15.7 Å². The van der Waals surface area contributed by atoms with Crippen molar-refractivity contribution in [2.24, 2.45) is 11.8 Å². The largest absolute Gasteiger partial charge is 0.478 e. The zero-order valence-corrected chi connectivity index (χ0v) is 14.0. The minimum Gasteiger partial charge on any atom is -0.478 e. The highest BCUT2D eigenvalue weighted by Gasteiger charge is 2.15. The van der Waals surface area contributed by atoms with Gasteiger partial charge in [0.2, 0.25) is 11.8 Å². The summed E-state index contributed by atoms with van der Waals surface area (Å²) in [6.07, 6.45) is 1.37. The quantitative estimate of drug-likeness (QED) is 0.718. The Balaban J connectivity index is 3.05. The van der Waals surface area contributed by atoms with E-state index in [2.05, 4.69) is 10.6 Å². The summed E-state index contributed by atoms with van der Waals surface area (Å²) in [6, 6.07) is 4.32. The number of rotatable bonds is 7. The number of carboxylic acid groups (broad SMARTS) is 1. The summed E-state index contributed by atoms with van der Waals surface area (Å²) in [6.45, 7) is 7.38. The second-order valence-electron chi connectivity index (χ2n) is 5.70. The van der Waals surface area contributed by atoms with Crippen LogP contribution in [0.5, 0.6) is 0 Å². The minimum absolute atomic E-state index is 0.00593. The van der Waals surface area contributed by atoms with Gasteiger partial charge in [0, 0.05) is 23.2 Å². The Labute approximate surface area is 136 Å². The van der Waals surface area contributed by atoms with Crippen molar-refractivity contribution in [3.8, 4) is 0 Å². The molecule has 3 N–H and O–H groups in total. The van der Waals surface area contributed by atoms with Crippen molar-refractivity contribution in [3.05, 3.63) is 23.8 Å². The van der Waals surface area contributed by atoms with E-state index in [1.165, 1.54) is 12.1 Å². The molecule has 0 unspecified atom stereocenters. The molecule has 6 heteroatoms. The van der Waals surface area contributed by atoms with E-state index < -0.39 is 5.97 Å². The Morgan fingerprint density at radius 3 is 1.61 bits per heavy atom. The fourth-order valence-corrected chi connectivity index (χ4v) is 1.80. The highest BCUT2D eigenvalue weighted by Crippen LogP contribution is 2.21. The van der Waals surface area contributed by atoms with Gasteiger partial charge in [-0.3, -0.25) is 9.59 Å². The zero-order chi connectivity index (χ0) is 17.6. The van der Waals surface area contributed by atoms with Crippen LogP contribution in [-0.4, -0.2) is 22.9 Å². The molecule has 1 rings (SSSR count). The van der Waals surface area contributed by atoms with E-state index in [4.69, 9.17) is 0 Å². The van der Waals surface area contributed by atoms with Crippen LogP contribution in [0.2, 0.25) is 0 Å². The lowest BCUT2D eigenvalue weighted by atomic mass is 10.1. The Bertz CT molecular complexity index is 556. The first-order chi connectivity index (χ1) is 10.8. The molecule has 2 amide bonds. The van der Waals surface area contributed by atoms with Gasteiger partial charge in [0.25, 0.3) is 0 Å². The predicted octanol–water partition coefficient (Wildman–Crippen LogP) is 3.35. The molecule has 1 aromatic rings. The number of hydrogen-bond acceptors (Lipinski definition) is 3. The Morgan fingerprint density at radius 2 is 1.30 bits per heavy atom. The van der Waals surface area contributed by atoms with Crippen LogP contribution in [0.1, 0.15) is 50.9 Å². The highest BCUT2D eigenvalue weighted by atomic mass is 16.4. The lowest BCUT2D eigenvalue weighted by Gasteiger charge is -2.14. The monoisotopic (exact) mass is 320 g/mol. The van der Waals surface area contributed by atoms with Gasteiger partial charge in [-0.1, -0.05) is 27.7 Å². The van der Waals surface area contributed by atoms with E-state index in [1.807, 2.05) is 13.8 Å². The first kappa shape index (κ1) is 18.7. The minimum atomic E-state index is -1.12. The Morgan fingerprint density at radius 1 is 0.913 bits per heavy atom. The smallest absolute Gasteiger partial charge is 0.335 e. The lowest BCUT2D eigenvalue weighted by Crippen LogP contribution is -2.21. The number of carboxylic acids is 1. The van der Waals surface area contributed by atoms with Crippen LogP contribution in [0.25, 0.3) is 0 Å². The SMILES string of the molecule is CC[C@H](C)C(=O)Nc1cc(NC(=O)[C@@H](C)CC)cc(C(=O)O)c1. The van der Waals surface area contributed by atoms with E-state index in [9.17, 15) is 19.5 Å². The maximum absolute atomic E-state index is 12.0. The molecule has 0 saturated heterocycles. The zero-order valence-electron chi connectivity index (χ0n) is 14.0. The molecule has 0 aliphatic carbocycles. The Hall–Kier alpha value is -2.37. The first-order valence-corrected chi connectivity index (χ1v) is 7.78. The molecular formula is C17H24N2O4. The topological polar surface area (TPSA) is 95.5 Å². The van der Waals surface area contributed by atoms with Crippen molar-refractivity contribution in [3.63, 3.8) is 0 Å². The van der Waals surface area contributed by atoms with Gasteiger partial charge in [-0.25, -0.2) is 4.79 Å². The number of benzene rings is 1. The number of anilines is 2. The van der Waals surface area contributed by atoms with Gasteiger partial charge in [-0.2, -0.15) is 0 Å². The van der Waals surface area contributed by atoms with Gasteiger partial charge >= 0.3 is 5.97 Å². The third-order valence-corrected chi connectivity index (χ3v) is 3.83. The number of aromatic carboxylic acids is 1. The molecule has 0 spiro atoms. The molecule has 6 nitrogen and oxygen atoms in total. The second-order valence-corrected chi connectivity index (χ2v) is 5.70. The van der Waals surface area contributed by atoms with Gasteiger partial charge in [0.1, 0.15) is 0 Å². The summed E-state index contributed by atoms with van der Waals surface area (Å²) >= 11 is 0. The average Bonchev–Trinajstić information content (AvgIpc) is 2.52. The summed E-state index contributed by atoms with van der Waals surface area (Å²) in [7, 11) is 0. The number of hydrogen-bond donors (Lipinski definition) is 3. The first-order valence-electron chi connectivity index (χ1n) is 7.78. The van der Waals surface area contributed by atoms with Gasteiger partial charge in [-0.05, 0) is 31.0 Å². The average molecular weight is 320 g/mol. The van der Waals surface area contributed by atoms with Crippen LogP contribution < -0.4 is 10.6 Å². The van der Waals surface area contributed by atoms with Crippen molar-refractivity contribution in [1.82, 2.24) is 0 Å². The van der Waals surface area contributed by atoms with Crippen molar-refractivity contribution >= 4 is 29.2 Å². The van der Waals surface area contributed by atoms with Crippen LogP contribution in [0.4, 0.5) is 11.4 Å². The lowest BCUT2D eigenvalue weighted by molar-refractivity contribution is -0.120. The normalized spacial score (nSPS) is 13.0. The van der Waals surface area contributed by atoms with Gasteiger partial charge in [0.15, 0.2) is 0 Å². The predicted molar refractivity (Wildman–Crippen MR) is 89.6 cm³/mol. The van der Waals surface area contributed by atoms with Gasteiger partial charge in [0.05, 0.1) is 5.56 Å². The van der Waals surface area contributed by atoms with E-state index in [1.54, 1.807) is 19.9 Å². The third-order valence-electron chi connectivity index (χ3n) is 3.83. The molecule has 0 bridgehead atoms. The van der Waals surface area contributed by atoms with E-state index in [0.29, 0.717) is 24.2 Å². The summed E-state index contributed by atoms with van der Waals surface area (Å²) in [5.41, 5.74) is 0.718. The van der Waals surface area contributed by atoms with Crippen LogP contribution >= 0.6 is 0 Å². The molecule has 126 valence electrons.